The van der Waals surface area contributed by atoms with Crippen molar-refractivity contribution in [3.05, 3.63) is 0 Å². The number of hydrogen-bond acceptors (Lipinski definition) is 3. The predicted octanol–water partition coefficient (Wildman–Crippen LogP) is 0.670. The molecule has 0 radical (unpaired) electrons. The van der Waals surface area contributed by atoms with Gasteiger partial charge in [-0.05, 0) is 20.8 Å². The van der Waals surface area contributed by atoms with Gasteiger partial charge in [0.1, 0.15) is 0 Å². The molecule has 5 nitrogen and oxygen atoms in total. The fourth-order valence-electron chi connectivity index (χ4n) is 1.89. The third-order valence-electron chi connectivity index (χ3n) is 2.89. The van der Waals surface area contributed by atoms with Gasteiger partial charge in [-0.2, -0.15) is 0 Å². The second kappa shape index (κ2) is 5.50. The van der Waals surface area contributed by atoms with Gasteiger partial charge in [0.05, 0.1) is 0 Å². The largest absolute Gasteiger partial charge is 0.465 e. The smallest absolute Gasteiger partial charge is 0.407 e. The summed E-state index contributed by atoms with van der Waals surface area (Å²) in [6, 6.07) is 0. The lowest BCUT2D eigenvalue weighted by molar-refractivity contribution is 0.0892. The fourth-order valence-corrected chi connectivity index (χ4v) is 1.89. The highest BCUT2D eigenvalue weighted by Gasteiger charge is 2.26. The molecule has 1 aliphatic rings. The van der Waals surface area contributed by atoms with Gasteiger partial charge >= 0.3 is 6.09 Å². The van der Waals surface area contributed by atoms with Crippen molar-refractivity contribution in [1.29, 1.82) is 0 Å². The molecule has 2 N–H and O–H groups in total. The van der Waals surface area contributed by atoms with Crippen molar-refractivity contribution in [3.8, 4) is 0 Å². The van der Waals surface area contributed by atoms with E-state index >= 15 is 0 Å². The van der Waals surface area contributed by atoms with Crippen LogP contribution in [0.4, 0.5) is 4.79 Å². The summed E-state index contributed by atoms with van der Waals surface area (Å²) in [4.78, 5) is 14.9. The Morgan fingerprint density at radius 1 is 1.38 bits per heavy atom. The molecule has 1 amide bonds. The third kappa shape index (κ3) is 3.98. The van der Waals surface area contributed by atoms with Crippen molar-refractivity contribution in [3.63, 3.8) is 0 Å². The molecule has 0 aliphatic carbocycles. The maximum atomic E-state index is 11.1. The van der Waals surface area contributed by atoms with Crippen LogP contribution < -0.4 is 5.32 Å². The molecule has 1 heterocycles. The van der Waals surface area contributed by atoms with E-state index in [2.05, 4.69) is 10.2 Å². The molecule has 1 rings (SSSR count). The zero-order valence-electron chi connectivity index (χ0n) is 10.5. The monoisotopic (exact) mass is 229 g/mol. The molecule has 0 aromatic carbocycles. The number of nitrogens with zero attached hydrogens (tertiary/aromatic N) is 2. The maximum absolute atomic E-state index is 11.1. The summed E-state index contributed by atoms with van der Waals surface area (Å²) < 4.78 is 0. The van der Waals surface area contributed by atoms with Crippen LogP contribution in [0.25, 0.3) is 0 Å². The minimum Gasteiger partial charge on any atom is -0.465 e. The van der Waals surface area contributed by atoms with E-state index in [4.69, 9.17) is 5.11 Å². The molecule has 94 valence electrons. The lowest BCUT2D eigenvalue weighted by atomic mass is 10.1. The van der Waals surface area contributed by atoms with Gasteiger partial charge in [-0.25, -0.2) is 4.79 Å². The highest BCUT2D eigenvalue weighted by Crippen LogP contribution is 2.13. The minimum absolute atomic E-state index is 0.320. The minimum atomic E-state index is -0.831. The average molecular weight is 229 g/mol. The Labute approximate surface area is 97.4 Å². The molecule has 1 aliphatic heterocycles. The lowest BCUT2D eigenvalue weighted by Crippen LogP contribution is -2.51. The molecule has 16 heavy (non-hydrogen) atoms. The van der Waals surface area contributed by atoms with E-state index in [1.54, 1.807) is 0 Å². The molecule has 1 saturated heterocycles. The van der Waals surface area contributed by atoms with Gasteiger partial charge in [0.15, 0.2) is 0 Å². The number of rotatable bonds is 3. The molecular formula is C11H23N3O2. The number of carboxylic acid groups (broad SMARTS) is 1. The molecule has 0 aromatic heterocycles. The van der Waals surface area contributed by atoms with Gasteiger partial charge in [0.2, 0.25) is 0 Å². The van der Waals surface area contributed by atoms with Gasteiger partial charge < -0.3 is 15.3 Å². The molecule has 0 saturated carbocycles. The van der Waals surface area contributed by atoms with Crippen LogP contribution in [0.1, 0.15) is 20.8 Å². The number of piperazine rings is 1. The number of carbonyl (C=O) groups is 1. The van der Waals surface area contributed by atoms with Crippen molar-refractivity contribution < 1.29 is 9.90 Å². The Kier molecular flexibility index (Phi) is 4.56. The summed E-state index contributed by atoms with van der Waals surface area (Å²) in [6.45, 7) is 11.2. The SMILES string of the molecule is CC(C)(C)N(CCN1CCNCC1)C(=O)O. The van der Waals surface area contributed by atoms with Crippen LogP contribution in [0.5, 0.6) is 0 Å². The Morgan fingerprint density at radius 3 is 2.38 bits per heavy atom. The van der Waals surface area contributed by atoms with Crippen LogP contribution in [0.3, 0.4) is 0 Å². The predicted molar refractivity (Wildman–Crippen MR) is 63.8 cm³/mol. The zero-order valence-corrected chi connectivity index (χ0v) is 10.5. The van der Waals surface area contributed by atoms with Crippen molar-refractivity contribution in [2.45, 2.75) is 26.3 Å². The first-order valence-electron chi connectivity index (χ1n) is 5.85. The fraction of sp³-hybridized carbons (Fsp3) is 0.909. The van der Waals surface area contributed by atoms with Gasteiger partial charge in [0, 0.05) is 44.8 Å². The molecule has 5 heteroatoms. The quantitative estimate of drug-likeness (QED) is 0.747. The summed E-state index contributed by atoms with van der Waals surface area (Å²) >= 11 is 0. The summed E-state index contributed by atoms with van der Waals surface area (Å²) in [5.74, 6) is 0. The molecule has 0 aromatic rings. The maximum Gasteiger partial charge on any atom is 0.407 e. The normalized spacial score (nSPS) is 18.4. The highest BCUT2D eigenvalue weighted by molar-refractivity contribution is 5.65. The molecule has 0 unspecified atom stereocenters. The van der Waals surface area contributed by atoms with Crippen molar-refractivity contribution in [2.75, 3.05) is 39.3 Å². The molecule has 1 fully saturated rings. The molecule has 0 spiro atoms. The van der Waals surface area contributed by atoms with Gasteiger partial charge in [0.25, 0.3) is 0 Å². The second-order valence-corrected chi connectivity index (χ2v) is 5.20. The first kappa shape index (κ1) is 13.3. The number of hydrogen-bond donors (Lipinski definition) is 2. The molecular weight excluding hydrogens is 206 g/mol. The highest BCUT2D eigenvalue weighted by atomic mass is 16.4. The standard InChI is InChI=1S/C11H23N3O2/c1-11(2,3)14(10(15)16)9-8-13-6-4-12-5-7-13/h12H,4-9H2,1-3H3,(H,15,16). The van der Waals surface area contributed by atoms with Crippen molar-refractivity contribution in [2.24, 2.45) is 0 Å². The van der Waals surface area contributed by atoms with Gasteiger partial charge in [-0.3, -0.25) is 4.90 Å². The van der Waals surface area contributed by atoms with E-state index in [1.807, 2.05) is 20.8 Å². The van der Waals surface area contributed by atoms with Crippen LogP contribution in [0.2, 0.25) is 0 Å². The van der Waals surface area contributed by atoms with Crippen LogP contribution in [0.15, 0.2) is 0 Å². The van der Waals surface area contributed by atoms with E-state index in [0.717, 1.165) is 32.7 Å². The first-order chi connectivity index (χ1) is 7.41. The lowest BCUT2D eigenvalue weighted by Gasteiger charge is -2.36. The molecule has 0 atom stereocenters. The van der Waals surface area contributed by atoms with E-state index < -0.39 is 6.09 Å². The Balaban J connectivity index is 2.40. The average Bonchev–Trinajstić information content (AvgIpc) is 2.17. The summed E-state index contributed by atoms with van der Waals surface area (Å²) in [5, 5.41) is 12.4. The Morgan fingerprint density at radius 2 is 1.94 bits per heavy atom. The van der Waals surface area contributed by atoms with Crippen LogP contribution in [0, 0.1) is 0 Å². The number of nitrogens with one attached hydrogen (secondary N) is 1. The van der Waals surface area contributed by atoms with E-state index in [1.165, 1.54) is 4.90 Å². The van der Waals surface area contributed by atoms with Crippen LogP contribution in [-0.4, -0.2) is 65.8 Å². The third-order valence-corrected chi connectivity index (χ3v) is 2.89. The van der Waals surface area contributed by atoms with Crippen LogP contribution in [-0.2, 0) is 0 Å². The van der Waals surface area contributed by atoms with E-state index in [0.29, 0.717) is 6.54 Å². The second-order valence-electron chi connectivity index (χ2n) is 5.20. The summed E-state index contributed by atoms with van der Waals surface area (Å²) in [7, 11) is 0. The molecule has 0 bridgehead atoms. The van der Waals surface area contributed by atoms with Crippen molar-refractivity contribution >= 4 is 6.09 Å². The Hall–Kier alpha value is -0.810. The zero-order chi connectivity index (χ0) is 12.2. The summed E-state index contributed by atoms with van der Waals surface area (Å²) in [6.07, 6.45) is -0.831. The van der Waals surface area contributed by atoms with E-state index in [9.17, 15) is 4.79 Å². The van der Waals surface area contributed by atoms with Crippen molar-refractivity contribution in [1.82, 2.24) is 15.1 Å². The van der Waals surface area contributed by atoms with Gasteiger partial charge in [-0.1, -0.05) is 0 Å². The van der Waals surface area contributed by atoms with Gasteiger partial charge in [-0.15, -0.1) is 0 Å². The summed E-state index contributed by atoms with van der Waals surface area (Å²) in [5.41, 5.74) is -0.320. The first-order valence-corrected chi connectivity index (χ1v) is 5.85. The number of amides is 1. The van der Waals surface area contributed by atoms with Crippen LogP contribution >= 0.6 is 0 Å². The topological polar surface area (TPSA) is 55.8 Å². The van der Waals surface area contributed by atoms with E-state index in [-0.39, 0.29) is 5.54 Å². The Bertz CT molecular complexity index is 232.